The molecule has 8 heteroatoms. The highest BCUT2D eigenvalue weighted by Crippen LogP contribution is 2.53. The predicted octanol–water partition coefficient (Wildman–Crippen LogP) is 29.7. The molecule has 0 saturated heterocycles. The van der Waals surface area contributed by atoms with Crippen LogP contribution in [0.3, 0.4) is 0 Å². The highest BCUT2D eigenvalue weighted by Gasteiger charge is 2.28. The minimum absolute atomic E-state index is 0.636. The molecule has 6 aromatic heterocycles. The molecule has 6 heterocycles. The third-order valence-electron chi connectivity index (χ3n) is 22.6. The van der Waals surface area contributed by atoms with E-state index >= 15 is 0 Å². The number of benzene rings is 17. The van der Waals surface area contributed by atoms with Crippen molar-refractivity contribution < 1.29 is 0 Å². The summed E-state index contributed by atoms with van der Waals surface area (Å²) < 4.78 is 9.69. The summed E-state index contributed by atoms with van der Waals surface area (Å²) in [5.74, 6) is 1.28. The molecule has 0 radical (unpaired) electrons. The van der Waals surface area contributed by atoms with Crippen LogP contribution < -0.4 is 0 Å². The van der Waals surface area contributed by atoms with Gasteiger partial charge in [0, 0.05) is 84.1 Å². The first-order chi connectivity index (χ1) is 57.5. The molecule has 23 aromatic rings. The first-order valence-corrected chi connectivity index (χ1v) is 40.9. The lowest BCUT2D eigenvalue weighted by Gasteiger charge is -2.14. The molecule has 0 atom stereocenters. The molecule has 0 aliphatic carbocycles. The summed E-state index contributed by atoms with van der Waals surface area (Å²) in [6.45, 7) is 0. The van der Waals surface area contributed by atoms with Crippen molar-refractivity contribution in [1.82, 2.24) is 29.1 Å². The van der Waals surface area contributed by atoms with Crippen LogP contribution in [0.15, 0.2) is 413 Å². The minimum atomic E-state index is 0.636. The molecule has 17 aromatic carbocycles. The Labute approximate surface area is 677 Å². The van der Waals surface area contributed by atoms with Crippen LogP contribution in [0.1, 0.15) is 0 Å². The maximum Gasteiger partial charge on any atom is 0.235 e. The van der Waals surface area contributed by atoms with Crippen LogP contribution in [-0.2, 0) is 0 Å². The van der Waals surface area contributed by atoms with Gasteiger partial charge in [-0.15, -0.1) is 22.7 Å². The SMILES string of the molecule is c1ccc(-c2ccc3c(c2)c2c4sc5c(-c6ccccc6)cccc5c4c(-c4cccc5ccccc45)cc2n3-c2nc(-c3ccccc3)cc(-c3ccccc3)n2)cc1.c1ccc(-c2ccc3c(c2)c2c4sc5c(-c6ccccc6)cccc5c4c(-c4ccccc4)cc2n3-c2nc(-c3ccccc3)cc(-c3ccccc3)n2)cc1. The van der Waals surface area contributed by atoms with Crippen LogP contribution in [-0.4, -0.2) is 29.1 Å². The lowest BCUT2D eigenvalue weighted by Crippen LogP contribution is -2.04. The Balaban J connectivity index is 0.000000141. The van der Waals surface area contributed by atoms with Gasteiger partial charge in [0.05, 0.1) is 44.8 Å². The van der Waals surface area contributed by atoms with Gasteiger partial charge in [0.25, 0.3) is 0 Å². The van der Waals surface area contributed by atoms with Gasteiger partial charge in [-0.25, -0.2) is 19.9 Å². The number of hydrogen-bond donors (Lipinski definition) is 0. The van der Waals surface area contributed by atoms with Crippen molar-refractivity contribution in [3.05, 3.63) is 413 Å². The zero-order valence-corrected chi connectivity index (χ0v) is 64.4. The molecule has 116 heavy (non-hydrogen) atoms. The predicted molar refractivity (Wildman–Crippen MR) is 490 cm³/mol. The van der Waals surface area contributed by atoms with E-state index in [1.165, 1.54) is 139 Å². The van der Waals surface area contributed by atoms with Gasteiger partial charge >= 0.3 is 0 Å². The average Bonchev–Trinajstić information content (AvgIpc) is 1.54. The fraction of sp³-hybridized carbons (Fsp3) is 0. The van der Waals surface area contributed by atoms with Crippen molar-refractivity contribution in [2.75, 3.05) is 0 Å². The maximum absolute atomic E-state index is 5.44. The topological polar surface area (TPSA) is 61.4 Å². The van der Waals surface area contributed by atoms with E-state index in [1.807, 2.05) is 34.8 Å². The number of aromatic nitrogens is 6. The molecule has 23 rings (SSSR count). The Morgan fingerprint density at radius 2 is 0.474 bits per heavy atom. The van der Waals surface area contributed by atoms with Crippen LogP contribution in [0, 0.1) is 0 Å². The van der Waals surface area contributed by atoms with E-state index in [4.69, 9.17) is 19.9 Å². The van der Waals surface area contributed by atoms with Gasteiger partial charge in [0.2, 0.25) is 11.9 Å². The molecule has 0 bridgehead atoms. The summed E-state index contributed by atoms with van der Waals surface area (Å²) in [5.41, 5.74) is 26.4. The molecule has 0 spiro atoms. The molecule has 0 aliphatic heterocycles. The number of hydrogen-bond acceptors (Lipinski definition) is 6. The molecule has 0 aliphatic rings. The smallest absolute Gasteiger partial charge is 0.235 e. The Bertz CT molecular complexity index is 7580. The molecule has 0 fully saturated rings. The summed E-state index contributed by atoms with van der Waals surface area (Å²) in [6, 6.07) is 147. The van der Waals surface area contributed by atoms with Crippen molar-refractivity contribution in [1.29, 1.82) is 0 Å². The Kier molecular flexibility index (Phi) is 16.9. The van der Waals surface area contributed by atoms with E-state index in [9.17, 15) is 0 Å². The monoisotopic (exact) mass is 1510 g/mol. The van der Waals surface area contributed by atoms with Gasteiger partial charge in [0.1, 0.15) is 0 Å². The van der Waals surface area contributed by atoms with E-state index in [-0.39, 0.29) is 0 Å². The van der Waals surface area contributed by atoms with Crippen molar-refractivity contribution in [2.45, 2.75) is 0 Å². The Hall–Kier alpha value is -14.8. The molecule has 0 amide bonds. The van der Waals surface area contributed by atoms with Crippen LogP contribution in [0.2, 0.25) is 0 Å². The summed E-state index contributed by atoms with van der Waals surface area (Å²) in [4.78, 5) is 21.6. The second kappa shape index (κ2) is 28.7. The Morgan fingerprint density at radius 1 is 0.172 bits per heavy atom. The molecule has 6 nitrogen and oxygen atoms in total. The van der Waals surface area contributed by atoms with Gasteiger partial charge in [-0.3, -0.25) is 9.13 Å². The highest BCUT2D eigenvalue weighted by molar-refractivity contribution is 7.28. The third kappa shape index (κ3) is 11.8. The van der Waals surface area contributed by atoms with Gasteiger partial charge in [-0.1, -0.05) is 364 Å². The first kappa shape index (κ1) is 68.0. The van der Waals surface area contributed by atoms with Crippen LogP contribution >= 0.6 is 22.7 Å². The molecule has 0 unspecified atom stereocenters. The quantitative estimate of drug-likeness (QED) is 0.122. The van der Waals surface area contributed by atoms with Crippen molar-refractivity contribution in [3.8, 4) is 124 Å². The third-order valence-corrected chi connectivity index (χ3v) is 25.2. The summed E-state index contributed by atoms with van der Waals surface area (Å²) in [6.07, 6.45) is 0. The van der Waals surface area contributed by atoms with Crippen molar-refractivity contribution in [3.63, 3.8) is 0 Å². The average molecular weight is 1510 g/mol. The second-order valence-electron chi connectivity index (χ2n) is 29.4. The number of thiophene rings is 2. The standard InChI is InChI=1S/C56H35N3S.C52H33N3S/c1-5-17-36(18-6-1)41-31-32-50-47(33-41)53-51(59(50)56-57-48(39-22-9-3-10-23-39)35-49(58-56)40-24-11-4-12-25-40)34-46(44-29-15-26-37-21-13-14-27-42(37)44)52-45-30-16-28-43(54(45)60-55(52)53)38-19-7-2-8-20-38;1-6-17-34(18-7-1)39-29-30-46-43(31-39)49-47(55(46)52-53-44(37-23-12-4-13-24-37)33-45(54-52)38-25-14-5-15-26-38)32-42(36-21-10-3-11-22-36)48-41-28-16-27-40(50(41)56-51(48)49)35-19-8-2-9-20-35/h1-35H;1-33H. The van der Waals surface area contributed by atoms with E-state index in [0.29, 0.717) is 11.9 Å². The lowest BCUT2D eigenvalue weighted by molar-refractivity contribution is 0.995. The van der Waals surface area contributed by atoms with Gasteiger partial charge in [-0.05, 0) is 126 Å². The number of nitrogens with zero attached hydrogens (tertiary/aromatic N) is 6. The maximum atomic E-state index is 5.44. The van der Waals surface area contributed by atoms with E-state index in [2.05, 4.69) is 410 Å². The van der Waals surface area contributed by atoms with Crippen molar-refractivity contribution in [2.24, 2.45) is 0 Å². The highest BCUT2D eigenvalue weighted by atomic mass is 32.1. The second-order valence-corrected chi connectivity index (χ2v) is 31.5. The lowest BCUT2D eigenvalue weighted by atomic mass is 9.92. The van der Waals surface area contributed by atoms with Crippen molar-refractivity contribution >= 4 is 117 Å². The zero-order chi connectivity index (χ0) is 76.6. The fourth-order valence-corrected chi connectivity index (χ4v) is 20.1. The number of rotatable bonds is 12. The zero-order valence-electron chi connectivity index (χ0n) is 62.8. The molecule has 0 saturated carbocycles. The minimum Gasteiger partial charge on any atom is -0.278 e. The van der Waals surface area contributed by atoms with Crippen LogP contribution in [0.4, 0.5) is 0 Å². The normalized spacial score (nSPS) is 11.6. The summed E-state index contributed by atoms with van der Waals surface area (Å²) >= 11 is 3.79. The largest absolute Gasteiger partial charge is 0.278 e. The fourth-order valence-electron chi connectivity index (χ4n) is 17.3. The van der Waals surface area contributed by atoms with Crippen LogP contribution in [0.25, 0.3) is 218 Å². The molecule has 0 N–H and O–H groups in total. The molecular weight excluding hydrogens is 1450 g/mol. The van der Waals surface area contributed by atoms with Gasteiger partial charge in [-0.2, -0.15) is 0 Å². The van der Waals surface area contributed by atoms with E-state index in [1.54, 1.807) is 0 Å². The van der Waals surface area contributed by atoms with E-state index in [0.717, 1.165) is 67.1 Å². The number of fused-ring (bicyclic) bond motifs is 15. The van der Waals surface area contributed by atoms with Gasteiger partial charge in [0.15, 0.2) is 0 Å². The molecular formula is C108H68N6S2. The summed E-state index contributed by atoms with van der Waals surface area (Å²) in [7, 11) is 0. The van der Waals surface area contributed by atoms with E-state index < -0.39 is 0 Å². The van der Waals surface area contributed by atoms with Crippen LogP contribution in [0.5, 0.6) is 0 Å². The summed E-state index contributed by atoms with van der Waals surface area (Å²) in [5, 5.41) is 12.3. The Morgan fingerprint density at radius 3 is 0.871 bits per heavy atom. The van der Waals surface area contributed by atoms with Gasteiger partial charge < -0.3 is 0 Å². The molecule has 542 valence electrons. The first-order valence-electron chi connectivity index (χ1n) is 39.2.